The van der Waals surface area contributed by atoms with Crippen molar-refractivity contribution >= 4 is 29.1 Å². The summed E-state index contributed by atoms with van der Waals surface area (Å²) in [6.07, 6.45) is -1.00. The van der Waals surface area contributed by atoms with E-state index in [-0.39, 0.29) is 39.4 Å². The van der Waals surface area contributed by atoms with Crippen LogP contribution >= 0.6 is 11.6 Å². The molecule has 1 aromatic carbocycles. The Bertz CT molecular complexity index is 1460. The number of hydroxylamine groups is 1. The smallest absolute Gasteiger partial charge is 0.435 e. The van der Waals surface area contributed by atoms with Gasteiger partial charge in [0, 0.05) is 35.4 Å². The van der Waals surface area contributed by atoms with E-state index in [9.17, 15) is 22.4 Å². The highest BCUT2D eigenvalue weighted by Crippen LogP contribution is 2.32. The van der Waals surface area contributed by atoms with Crippen LogP contribution < -0.4 is 15.5 Å². The van der Waals surface area contributed by atoms with Gasteiger partial charge >= 0.3 is 6.18 Å². The third kappa shape index (κ3) is 5.59. The van der Waals surface area contributed by atoms with Gasteiger partial charge in [0.15, 0.2) is 11.5 Å². The number of hydrogen-bond donors (Lipinski definition) is 2. The Balaban J connectivity index is 1.84. The molecule has 0 saturated heterocycles. The van der Waals surface area contributed by atoms with E-state index < -0.39 is 23.6 Å². The number of nitrogens with one attached hydrogen (secondary N) is 2. The van der Waals surface area contributed by atoms with Crippen molar-refractivity contribution in [3.05, 3.63) is 71.0 Å². The number of anilines is 2. The SMILES string of the molecule is CONC(=O)c1cc(-c2cnc(Nc3ccc(F)c(Cl)c3)nc2-n2ccc(C(F)(F)F)n2)cnc1OC. The van der Waals surface area contributed by atoms with Gasteiger partial charge in [-0.3, -0.25) is 9.63 Å². The highest BCUT2D eigenvalue weighted by atomic mass is 35.5. The highest BCUT2D eigenvalue weighted by Gasteiger charge is 2.34. The first-order valence-corrected chi connectivity index (χ1v) is 10.6. The number of carbonyl (C=O) groups excluding carboxylic acids is 1. The Morgan fingerprint density at radius 1 is 1.11 bits per heavy atom. The molecule has 3 heterocycles. The van der Waals surface area contributed by atoms with Gasteiger partial charge in [0.2, 0.25) is 11.8 Å². The van der Waals surface area contributed by atoms with E-state index >= 15 is 0 Å². The van der Waals surface area contributed by atoms with Crippen LogP contribution in [0, 0.1) is 5.82 Å². The van der Waals surface area contributed by atoms with Gasteiger partial charge in [-0.1, -0.05) is 11.6 Å². The summed E-state index contributed by atoms with van der Waals surface area (Å²) in [6, 6.07) is 5.95. The molecule has 0 spiro atoms. The summed E-state index contributed by atoms with van der Waals surface area (Å²) in [5.74, 6) is -1.47. The zero-order valence-electron chi connectivity index (χ0n) is 19.0. The largest absolute Gasteiger partial charge is 0.480 e. The van der Waals surface area contributed by atoms with E-state index in [1.807, 2.05) is 0 Å². The molecule has 0 saturated carbocycles. The quantitative estimate of drug-likeness (QED) is 0.260. The van der Waals surface area contributed by atoms with Crippen molar-refractivity contribution in [2.75, 3.05) is 19.5 Å². The minimum absolute atomic E-state index is 0.0209. The molecule has 15 heteroatoms. The number of nitrogens with zero attached hydrogens (tertiary/aromatic N) is 5. The van der Waals surface area contributed by atoms with E-state index in [0.717, 1.165) is 23.0 Å². The average molecular weight is 538 g/mol. The summed E-state index contributed by atoms with van der Waals surface area (Å²) in [6.45, 7) is 0. The van der Waals surface area contributed by atoms with Crippen LogP contribution in [0.4, 0.5) is 29.2 Å². The maximum absolute atomic E-state index is 13.5. The van der Waals surface area contributed by atoms with Crippen molar-refractivity contribution in [2.24, 2.45) is 0 Å². The number of pyridine rings is 1. The van der Waals surface area contributed by atoms with Crippen molar-refractivity contribution in [1.29, 1.82) is 0 Å². The number of halogens is 5. The van der Waals surface area contributed by atoms with Crippen molar-refractivity contribution in [3.63, 3.8) is 0 Å². The fourth-order valence-electron chi connectivity index (χ4n) is 3.18. The van der Waals surface area contributed by atoms with E-state index in [1.54, 1.807) is 0 Å². The molecular weight excluding hydrogens is 522 g/mol. The molecule has 0 aliphatic heterocycles. The maximum Gasteiger partial charge on any atom is 0.435 e. The lowest BCUT2D eigenvalue weighted by molar-refractivity contribution is -0.141. The summed E-state index contributed by atoms with van der Waals surface area (Å²) >= 11 is 5.81. The predicted octanol–water partition coefficient (Wildman–Crippen LogP) is 4.58. The van der Waals surface area contributed by atoms with Crippen LogP contribution in [0.5, 0.6) is 5.88 Å². The van der Waals surface area contributed by atoms with Crippen LogP contribution in [0.1, 0.15) is 16.1 Å². The number of rotatable bonds is 7. The molecule has 0 unspecified atom stereocenters. The van der Waals surface area contributed by atoms with E-state index in [1.165, 1.54) is 44.8 Å². The van der Waals surface area contributed by atoms with Crippen molar-refractivity contribution in [2.45, 2.75) is 6.18 Å². The number of alkyl halides is 3. The van der Waals surface area contributed by atoms with Gasteiger partial charge in [0.05, 0.1) is 19.2 Å². The first kappa shape index (κ1) is 25.8. The van der Waals surface area contributed by atoms with Gasteiger partial charge in [-0.05, 0) is 30.3 Å². The summed E-state index contributed by atoms with van der Waals surface area (Å²) < 4.78 is 59.2. The fraction of sp³-hybridized carbons (Fsp3) is 0.136. The number of aromatic nitrogens is 5. The molecule has 37 heavy (non-hydrogen) atoms. The topological polar surface area (TPSA) is 116 Å². The fourth-order valence-corrected chi connectivity index (χ4v) is 3.36. The molecule has 0 aliphatic carbocycles. The van der Waals surface area contributed by atoms with Crippen LogP contribution in [0.2, 0.25) is 5.02 Å². The van der Waals surface area contributed by atoms with Crippen LogP contribution in [0.3, 0.4) is 0 Å². The van der Waals surface area contributed by atoms with Crippen molar-refractivity contribution in [1.82, 2.24) is 30.2 Å². The molecule has 2 N–H and O–H groups in total. The highest BCUT2D eigenvalue weighted by molar-refractivity contribution is 6.31. The maximum atomic E-state index is 13.5. The van der Waals surface area contributed by atoms with Gasteiger partial charge < -0.3 is 10.1 Å². The van der Waals surface area contributed by atoms with E-state index in [2.05, 4.69) is 35.7 Å². The Labute approximate surface area is 211 Å². The lowest BCUT2D eigenvalue weighted by Gasteiger charge is -2.13. The molecule has 10 nitrogen and oxygen atoms in total. The predicted molar refractivity (Wildman–Crippen MR) is 123 cm³/mol. The molecule has 0 bridgehead atoms. The molecule has 4 rings (SSSR count). The Morgan fingerprint density at radius 3 is 2.54 bits per heavy atom. The molecule has 1 amide bonds. The monoisotopic (exact) mass is 537 g/mol. The minimum atomic E-state index is -4.70. The molecule has 0 fully saturated rings. The van der Waals surface area contributed by atoms with Crippen LogP contribution in [-0.4, -0.2) is 44.9 Å². The summed E-state index contributed by atoms with van der Waals surface area (Å²) in [4.78, 5) is 29.6. The first-order valence-electron chi connectivity index (χ1n) is 10.2. The van der Waals surface area contributed by atoms with Gasteiger partial charge in [-0.25, -0.2) is 24.5 Å². The molecule has 0 aliphatic rings. The van der Waals surface area contributed by atoms with Gasteiger partial charge in [-0.2, -0.15) is 23.3 Å². The Kier molecular flexibility index (Phi) is 7.22. The standard InChI is InChI=1S/C22H16ClF4N7O3/c1-36-20-13(19(35)33-37-2)7-11(9-28-20)14-10-29-21(30-12-3-4-16(24)15(23)8-12)31-18(14)34-6-5-17(32-34)22(25,26)27/h3-10H,1-2H3,(H,33,35)(H,29,30,31). The molecule has 4 aromatic rings. The van der Waals surface area contributed by atoms with Gasteiger partial charge in [0.1, 0.15) is 11.4 Å². The van der Waals surface area contributed by atoms with Crippen LogP contribution in [0.15, 0.2) is 48.9 Å². The summed E-state index contributed by atoms with van der Waals surface area (Å²) in [5.41, 5.74) is 1.75. The lowest BCUT2D eigenvalue weighted by atomic mass is 10.1. The third-order valence-corrected chi connectivity index (χ3v) is 5.13. The Hall–Kier alpha value is -4.30. The van der Waals surface area contributed by atoms with Crippen LogP contribution in [0.25, 0.3) is 16.9 Å². The summed E-state index contributed by atoms with van der Waals surface area (Å²) in [7, 11) is 2.55. The Morgan fingerprint density at radius 2 is 1.89 bits per heavy atom. The number of amides is 1. The molecule has 0 atom stereocenters. The number of hydrogen-bond acceptors (Lipinski definition) is 8. The number of carbonyl (C=O) groups is 1. The third-order valence-electron chi connectivity index (χ3n) is 4.84. The second-order valence-corrected chi connectivity index (χ2v) is 7.65. The molecular formula is C22H16ClF4N7O3. The number of ether oxygens (including phenoxy) is 1. The zero-order chi connectivity index (χ0) is 26.7. The van der Waals surface area contributed by atoms with Crippen molar-refractivity contribution in [3.8, 4) is 22.8 Å². The van der Waals surface area contributed by atoms with Crippen LogP contribution in [-0.2, 0) is 11.0 Å². The van der Waals surface area contributed by atoms with Crippen molar-refractivity contribution < 1.29 is 31.9 Å². The molecule has 192 valence electrons. The van der Waals surface area contributed by atoms with Gasteiger partial charge in [-0.15, -0.1) is 0 Å². The molecule has 0 radical (unpaired) electrons. The zero-order valence-corrected chi connectivity index (χ0v) is 19.7. The average Bonchev–Trinajstić information content (AvgIpc) is 3.37. The first-order chi connectivity index (χ1) is 17.6. The number of benzene rings is 1. The van der Waals surface area contributed by atoms with E-state index in [4.69, 9.17) is 16.3 Å². The normalized spacial score (nSPS) is 11.3. The molecule has 3 aromatic heterocycles. The second kappa shape index (κ2) is 10.4. The van der Waals surface area contributed by atoms with E-state index in [0.29, 0.717) is 5.69 Å². The summed E-state index contributed by atoms with van der Waals surface area (Å²) in [5, 5.41) is 6.24. The lowest BCUT2D eigenvalue weighted by Crippen LogP contribution is -2.22. The van der Waals surface area contributed by atoms with Gasteiger partial charge in [0.25, 0.3) is 5.91 Å². The second-order valence-electron chi connectivity index (χ2n) is 7.24. The number of methoxy groups -OCH3 is 1. The minimum Gasteiger partial charge on any atom is -0.480 e.